The molecule has 0 saturated heterocycles. The zero-order valence-corrected chi connectivity index (χ0v) is 15.5. The highest BCUT2D eigenvalue weighted by atomic mass is 32.2. The first kappa shape index (κ1) is 20.8. The van der Waals surface area contributed by atoms with Crippen LogP contribution in [0, 0.1) is 0 Å². The molecule has 0 radical (unpaired) electrons. The molecule has 0 spiro atoms. The Morgan fingerprint density at radius 3 is 2.26 bits per heavy atom. The van der Waals surface area contributed by atoms with E-state index in [2.05, 4.69) is 10.0 Å². The third-order valence-corrected chi connectivity index (χ3v) is 4.87. The molecule has 2 N–H and O–H groups in total. The molecule has 0 aliphatic heterocycles. The number of amides is 1. The fraction of sp³-hybridized carbons (Fsp3) is 0.278. The number of carbonyl (C=O) groups excluding carboxylic acids is 1. The Morgan fingerprint density at radius 2 is 1.70 bits per heavy atom. The summed E-state index contributed by atoms with van der Waals surface area (Å²) in [6.07, 6.45) is -4.50. The Bertz CT molecular complexity index is 908. The Balaban J connectivity index is 2.13. The fourth-order valence-corrected chi connectivity index (χ4v) is 3.41. The second-order valence-corrected chi connectivity index (χ2v) is 7.91. The minimum absolute atomic E-state index is 0.0102. The summed E-state index contributed by atoms with van der Waals surface area (Å²) < 4.78 is 65.2. The van der Waals surface area contributed by atoms with Crippen molar-refractivity contribution < 1.29 is 26.4 Å². The van der Waals surface area contributed by atoms with Crippen molar-refractivity contribution in [2.24, 2.45) is 0 Å². The van der Waals surface area contributed by atoms with Crippen molar-refractivity contribution >= 4 is 21.6 Å². The number of anilines is 1. The van der Waals surface area contributed by atoms with E-state index < -0.39 is 26.7 Å². The number of hydrogen-bond acceptors (Lipinski definition) is 3. The highest BCUT2D eigenvalue weighted by Crippen LogP contribution is 2.30. The molecule has 0 atom stereocenters. The summed E-state index contributed by atoms with van der Waals surface area (Å²) in [5, 5.41) is 2.74. The zero-order chi connectivity index (χ0) is 20.2. The van der Waals surface area contributed by atoms with E-state index in [1.165, 1.54) is 12.1 Å². The molecule has 9 heteroatoms. The van der Waals surface area contributed by atoms with Crippen LogP contribution in [-0.2, 0) is 27.4 Å². The quantitative estimate of drug-likeness (QED) is 0.778. The van der Waals surface area contributed by atoms with Crippen molar-refractivity contribution in [3.8, 4) is 0 Å². The molecular formula is C18H19F3N2O3S. The second-order valence-electron chi connectivity index (χ2n) is 6.23. The first-order valence-corrected chi connectivity index (χ1v) is 9.54. The molecule has 0 heterocycles. The van der Waals surface area contributed by atoms with Gasteiger partial charge in [-0.25, -0.2) is 8.42 Å². The summed E-state index contributed by atoms with van der Waals surface area (Å²) in [4.78, 5) is 11.2. The second kappa shape index (κ2) is 7.99. The Hall–Kier alpha value is -2.55. The zero-order valence-electron chi connectivity index (χ0n) is 14.7. The van der Waals surface area contributed by atoms with Crippen LogP contribution in [0.5, 0.6) is 0 Å². The van der Waals surface area contributed by atoms with Crippen molar-refractivity contribution in [3.63, 3.8) is 0 Å². The van der Waals surface area contributed by atoms with Gasteiger partial charge in [-0.2, -0.15) is 13.2 Å². The van der Waals surface area contributed by atoms with Gasteiger partial charge in [-0.05, 0) is 49.7 Å². The van der Waals surface area contributed by atoms with Crippen LogP contribution in [0.25, 0.3) is 0 Å². The van der Waals surface area contributed by atoms with Crippen molar-refractivity contribution in [1.29, 1.82) is 0 Å². The van der Waals surface area contributed by atoms with Crippen LogP contribution < -0.4 is 10.0 Å². The molecular weight excluding hydrogens is 381 g/mol. The van der Waals surface area contributed by atoms with E-state index in [9.17, 15) is 26.4 Å². The maximum atomic E-state index is 12.8. The summed E-state index contributed by atoms with van der Waals surface area (Å²) in [6, 6.07) is 9.55. The molecule has 0 aliphatic rings. The monoisotopic (exact) mass is 400 g/mol. The lowest BCUT2D eigenvalue weighted by molar-refractivity contribution is -0.137. The summed E-state index contributed by atoms with van der Waals surface area (Å²) in [5.41, 5.74) is -0.188. The third-order valence-electron chi connectivity index (χ3n) is 3.49. The van der Waals surface area contributed by atoms with Crippen molar-refractivity contribution in [3.05, 3.63) is 59.7 Å². The van der Waals surface area contributed by atoms with E-state index in [4.69, 9.17) is 0 Å². The van der Waals surface area contributed by atoms with Gasteiger partial charge in [-0.3, -0.25) is 9.52 Å². The van der Waals surface area contributed by atoms with Gasteiger partial charge in [0, 0.05) is 11.7 Å². The maximum Gasteiger partial charge on any atom is 0.416 e. The van der Waals surface area contributed by atoms with Crippen LogP contribution in [0.15, 0.2) is 53.4 Å². The van der Waals surface area contributed by atoms with Gasteiger partial charge >= 0.3 is 6.18 Å². The van der Waals surface area contributed by atoms with E-state index in [-0.39, 0.29) is 24.1 Å². The summed E-state index contributed by atoms with van der Waals surface area (Å²) in [5.74, 6) is -0.165. The van der Waals surface area contributed by atoms with Gasteiger partial charge in [0.15, 0.2) is 0 Å². The first-order valence-electron chi connectivity index (χ1n) is 8.06. The standard InChI is InChI=1S/C18H19F3N2O3S/c1-12(2)22-17(24)10-13-6-8-15(9-7-13)23-27(25,26)16-5-3-4-14(11-16)18(19,20)21/h3-9,11-12,23H,10H2,1-2H3,(H,22,24). The topological polar surface area (TPSA) is 75.3 Å². The number of halogens is 3. The van der Waals surface area contributed by atoms with Crippen LogP contribution >= 0.6 is 0 Å². The van der Waals surface area contributed by atoms with Gasteiger partial charge in [-0.15, -0.1) is 0 Å². The highest BCUT2D eigenvalue weighted by Gasteiger charge is 2.31. The lowest BCUT2D eigenvalue weighted by Crippen LogP contribution is -2.31. The molecule has 5 nitrogen and oxygen atoms in total. The predicted octanol–water partition coefficient (Wildman–Crippen LogP) is 3.57. The van der Waals surface area contributed by atoms with Crippen molar-refractivity contribution in [2.45, 2.75) is 37.4 Å². The fourth-order valence-electron chi connectivity index (χ4n) is 2.30. The van der Waals surface area contributed by atoms with Crippen molar-refractivity contribution in [2.75, 3.05) is 4.72 Å². The van der Waals surface area contributed by atoms with Gasteiger partial charge < -0.3 is 5.32 Å². The Morgan fingerprint density at radius 1 is 1.07 bits per heavy atom. The van der Waals surface area contributed by atoms with Gasteiger partial charge in [0.1, 0.15) is 0 Å². The number of sulfonamides is 1. The highest BCUT2D eigenvalue weighted by molar-refractivity contribution is 7.92. The van der Waals surface area contributed by atoms with E-state index in [0.717, 1.165) is 18.2 Å². The van der Waals surface area contributed by atoms with E-state index in [1.54, 1.807) is 12.1 Å². The average molecular weight is 400 g/mol. The molecule has 0 saturated carbocycles. The molecule has 1 amide bonds. The Kier molecular flexibility index (Phi) is 6.15. The number of benzene rings is 2. The lowest BCUT2D eigenvalue weighted by Gasteiger charge is -2.12. The minimum Gasteiger partial charge on any atom is -0.354 e. The van der Waals surface area contributed by atoms with Crippen molar-refractivity contribution in [1.82, 2.24) is 5.32 Å². The van der Waals surface area contributed by atoms with Crippen LogP contribution in [-0.4, -0.2) is 20.4 Å². The number of nitrogens with one attached hydrogen (secondary N) is 2. The number of rotatable bonds is 6. The molecule has 2 aromatic rings. The lowest BCUT2D eigenvalue weighted by atomic mass is 10.1. The van der Waals surface area contributed by atoms with Crippen LogP contribution in [0.4, 0.5) is 18.9 Å². The number of alkyl halides is 3. The molecule has 2 aromatic carbocycles. The summed E-state index contributed by atoms with van der Waals surface area (Å²) in [7, 11) is -4.18. The Labute approximate surface area is 155 Å². The molecule has 0 fully saturated rings. The summed E-state index contributed by atoms with van der Waals surface area (Å²) in [6.45, 7) is 3.67. The summed E-state index contributed by atoms with van der Waals surface area (Å²) >= 11 is 0. The molecule has 0 unspecified atom stereocenters. The SMILES string of the molecule is CC(C)NC(=O)Cc1ccc(NS(=O)(=O)c2cccc(C(F)(F)F)c2)cc1. The number of carbonyl (C=O) groups is 1. The molecule has 2 rings (SSSR count). The largest absolute Gasteiger partial charge is 0.416 e. The number of hydrogen-bond donors (Lipinski definition) is 2. The van der Waals surface area contributed by atoms with Crippen LogP contribution in [0.2, 0.25) is 0 Å². The van der Waals surface area contributed by atoms with E-state index in [0.29, 0.717) is 11.6 Å². The van der Waals surface area contributed by atoms with E-state index >= 15 is 0 Å². The first-order chi connectivity index (χ1) is 12.5. The van der Waals surface area contributed by atoms with Gasteiger partial charge in [0.2, 0.25) is 5.91 Å². The molecule has 0 aromatic heterocycles. The molecule has 27 heavy (non-hydrogen) atoms. The minimum atomic E-state index is -4.64. The van der Waals surface area contributed by atoms with E-state index in [1.807, 2.05) is 13.8 Å². The smallest absolute Gasteiger partial charge is 0.354 e. The van der Waals surface area contributed by atoms with Crippen LogP contribution in [0.1, 0.15) is 25.0 Å². The normalized spacial score (nSPS) is 12.1. The third kappa shape index (κ3) is 5.99. The predicted molar refractivity (Wildman–Crippen MR) is 95.7 cm³/mol. The van der Waals surface area contributed by atoms with Crippen LogP contribution in [0.3, 0.4) is 0 Å². The molecule has 146 valence electrons. The van der Waals surface area contributed by atoms with Gasteiger partial charge in [0.25, 0.3) is 10.0 Å². The average Bonchev–Trinajstić information content (AvgIpc) is 2.55. The molecule has 0 aliphatic carbocycles. The maximum absolute atomic E-state index is 12.8. The van der Waals surface area contributed by atoms with Gasteiger partial charge in [-0.1, -0.05) is 18.2 Å². The van der Waals surface area contributed by atoms with Gasteiger partial charge in [0.05, 0.1) is 16.9 Å². The molecule has 0 bridgehead atoms.